The molecule has 30 heavy (non-hydrogen) atoms. The molecule has 3 rings (SSSR count). The Bertz CT molecular complexity index is 1210. The first kappa shape index (κ1) is 22.9. The van der Waals surface area contributed by atoms with Gasteiger partial charge in [0.05, 0.1) is 19.7 Å². The number of halogens is 2. The number of hydrogen-bond acceptors (Lipinski definition) is 6. The summed E-state index contributed by atoms with van der Waals surface area (Å²) >= 11 is 11.9. The Morgan fingerprint density at radius 3 is 1.93 bits per heavy atom. The average Bonchev–Trinajstić information content (AvgIpc) is 2.69. The van der Waals surface area contributed by atoms with Gasteiger partial charge in [-0.3, -0.25) is 10.1 Å². The van der Waals surface area contributed by atoms with E-state index in [1.807, 2.05) is 0 Å². The summed E-state index contributed by atoms with van der Waals surface area (Å²) in [5.41, 5.74) is -0.235. The van der Waals surface area contributed by atoms with Crippen molar-refractivity contribution in [3.05, 3.63) is 62.1 Å². The molecule has 1 saturated heterocycles. The minimum absolute atomic E-state index is 0.0206. The molecule has 2 aromatic rings. The molecule has 0 aromatic heterocycles. The van der Waals surface area contributed by atoms with E-state index < -0.39 is 30.7 Å². The maximum atomic E-state index is 13.0. The Morgan fingerprint density at radius 1 is 0.900 bits per heavy atom. The molecule has 1 fully saturated rings. The minimum Gasteiger partial charge on any atom is -0.258 e. The first-order valence-corrected chi connectivity index (χ1v) is 12.3. The molecule has 0 saturated carbocycles. The van der Waals surface area contributed by atoms with E-state index in [-0.39, 0.29) is 51.6 Å². The second kappa shape index (κ2) is 8.40. The van der Waals surface area contributed by atoms with Gasteiger partial charge in [0, 0.05) is 42.8 Å². The van der Waals surface area contributed by atoms with Gasteiger partial charge in [-0.1, -0.05) is 29.3 Å². The van der Waals surface area contributed by atoms with Crippen molar-refractivity contribution < 1.29 is 21.8 Å². The highest BCUT2D eigenvalue weighted by atomic mass is 35.5. The highest BCUT2D eigenvalue weighted by Crippen LogP contribution is 2.31. The van der Waals surface area contributed by atoms with Crippen LogP contribution in [0.25, 0.3) is 0 Å². The zero-order valence-electron chi connectivity index (χ0n) is 15.7. The molecule has 0 amide bonds. The molecule has 2 aromatic carbocycles. The van der Waals surface area contributed by atoms with Crippen LogP contribution in [0.2, 0.25) is 10.0 Å². The quantitative estimate of drug-likeness (QED) is 0.466. The van der Waals surface area contributed by atoms with Crippen LogP contribution >= 0.6 is 23.2 Å². The number of benzene rings is 2. The van der Waals surface area contributed by atoms with Crippen LogP contribution in [-0.4, -0.2) is 56.5 Å². The van der Waals surface area contributed by atoms with Gasteiger partial charge >= 0.3 is 0 Å². The summed E-state index contributed by atoms with van der Waals surface area (Å²) in [5, 5.41) is 11.4. The van der Waals surface area contributed by atoms with Gasteiger partial charge in [0.2, 0.25) is 20.0 Å². The number of rotatable bonds is 5. The smallest absolute Gasteiger partial charge is 0.258 e. The molecule has 9 nitrogen and oxygen atoms in total. The molecule has 1 heterocycles. The van der Waals surface area contributed by atoms with Crippen LogP contribution in [0.4, 0.5) is 5.69 Å². The van der Waals surface area contributed by atoms with Gasteiger partial charge < -0.3 is 0 Å². The van der Waals surface area contributed by atoms with Crippen LogP contribution < -0.4 is 0 Å². The predicted molar refractivity (Wildman–Crippen MR) is 112 cm³/mol. The van der Waals surface area contributed by atoms with E-state index in [1.54, 1.807) is 6.07 Å². The third kappa shape index (κ3) is 4.32. The highest BCUT2D eigenvalue weighted by molar-refractivity contribution is 7.89. The average molecular weight is 494 g/mol. The number of piperazine rings is 1. The van der Waals surface area contributed by atoms with E-state index in [0.29, 0.717) is 0 Å². The van der Waals surface area contributed by atoms with Gasteiger partial charge in [0.25, 0.3) is 5.69 Å². The Hall–Kier alpha value is -1.76. The fraction of sp³-hybridized carbons (Fsp3) is 0.294. The van der Waals surface area contributed by atoms with E-state index in [1.165, 1.54) is 29.4 Å². The number of hydrogen-bond donors (Lipinski definition) is 0. The summed E-state index contributed by atoms with van der Waals surface area (Å²) in [6.45, 7) is 1.06. The van der Waals surface area contributed by atoms with Crippen molar-refractivity contribution in [2.24, 2.45) is 0 Å². The van der Waals surface area contributed by atoms with Crippen molar-refractivity contribution in [2.45, 2.75) is 16.7 Å². The topological polar surface area (TPSA) is 118 Å². The van der Waals surface area contributed by atoms with Crippen molar-refractivity contribution in [3.63, 3.8) is 0 Å². The van der Waals surface area contributed by atoms with Crippen LogP contribution in [0, 0.1) is 17.0 Å². The van der Waals surface area contributed by atoms with Crippen LogP contribution in [0.1, 0.15) is 5.56 Å². The lowest BCUT2D eigenvalue weighted by Crippen LogP contribution is -2.50. The van der Waals surface area contributed by atoms with Crippen LogP contribution in [0.5, 0.6) is 0 Å². The third-order valence-corrected chi connectivity index (χ3v) is 9.16. The molecule has 162 valence electrons. The van der Waals surface area contributed by atoms with E-state index in [2.05, 4.69) is 0 Å². The van der Waals surface area contributed by atoms with Gasteiger partial charge in [-0.25, -0.2) is 16.8 Å². The molecular formula is C17H17Cl2N3O6S2. The maximum absolute atomic E-state index is 13.0. The molecule has 0 N–H and O–H groups in total. The molecule has 0 atom stereocenters. The van der Waals surface area contributed by atoms with Crippen molar-refractivity contribution in [3.8, 4) is 0 Å². The second-order valence-corrected chi connectivity index (χ2v) is 11.3. The van der Waals surface area contributed by atoms with Gasteiger partial charge in [-0.2, -0.15) is 8.61 Å². The lowest BCUT2D eigenvalue weighted by atomic mass is 10.2. The fourth-order valence-corrected chi connectivity index (χ4v) is 6.53. The normalized spacial score (nSPS) is 16.5. The van der Waals surface area contributed by atoms with Crippen molar-refractivity contribution in [1.82, 2.24) is 8.61 Å². The van der Waals surface area contributed by atoms with Gasteiger partial charge in [0.1, 0.15) is 0 Å². The Balaban J connectivity index is 1.83. The van der Waals surface area contributed by atoms with Gasteiger partial charge in [-0.05, 0) is 31.2 Å². The zero-order valence-corrected chi connectivity index (χ0v) is 18.8. The molecule has 1 aliphatic heterocycles. The van der Waals surface area contributed by atoms with Crippen LogP contribution in [0.15, 0.2) is 46.2 Å². The standard InChI is InChI=1S/C17H17Cl2N3O6S2/c1-12-16(19)10-15(11-17(12)22(23)24)30(27,28)21-7-5-20(6-8-21)29(25,26)14-4-2-3-13(18)9-14/h2-4,9-11H,5-8H2,1H3. The van der Waals surface area contributed by atoms with E-state index >= 15 is 0 Å². The maximum Gasteiger partial charge on any atom is 0.275 e. The zero-order chi connectivity index (χ0) is 22.3. The van der Waals surface area contributed by atoms with Crippen molar-refractivity contribution in [1.29, 1.82) is 0 Å². The van der Waals surface area contributed by atoms with E-state index in [9.17, 15) is 26.9 Å². The van der Waals surface area contributed by atoms with Gasteiger partial charge in [-0.15, -0.1) is 0 Å². The second-order valence-electron chi connectivity index (χ2n) is 6.57. The summed E-state index contributed by atoms with van der Waals surface area (Å²) in [7, 11) is -7.93. The first-order chi connectivity index (χ1) is 13.9. The lowest BCUT2D eigenvalue weighted by Gasteiger charge is -2.33. The van der Waals surface area contributed by atoms with Gasteiger partial charge in [0.15, 0.2) is 0 Å². The summed E-state index contributed by atoms with van der Waals surface area (Å²) in [6, 6.07) is 7.94. The van der Waals surface area contributed by atoms with E-state index in [0.717, 1.165) is 16.4 Å². The molecule has 0 unspecified atom stereocenters. The summed E-state index contributed by atoms with van der Waals surface area (Å²) in [6.07, 6.45) is 0. The van der Waals surface area contributed by atoms with Crippen molar-refractivity contribution in [2.75, 3.05) is 26.2 Å². The summed E-state index contributed by atoms with van der Waals surface area (Å²) < 4.78 is 53.7. The molecule has 0 aliphatic carbocycles. The Labute approximate surface area is 184 Å². The molecule has 0 bridgehead atoms. The fourth-order valence-electron chi connectivity index (χ4n) is 3.05. The first-order valence-electron chi connectivity index (χ1n) is 8.65. The highest BCUT2D eigenvalue weighted by Gasteiger charge is 2.35. The number of sulfonamides is 2. The largest absolute Gasteiger partial charge is 0.275 e. The molecule has 13 heteroatoms. The molecule has 0 radical (unpaired) electrons. The van der Waals surface area contributed by atoms with E-state index in [4.69, 9.17) is 23.2 Å². The summed E-state index contributed by atoms with van der Waals surface area (Å²) in [4.78, 5) is 10.2. The lowest BCUT2D eigenvalue weighted by molar-refractivity contribution is -0.385. The molecule has 0 spiro atoms. The molecule has 1 aliphatic rings. The SMILES string of the molecule is Cc1c(Cl)cc(S(=O)(=O)N2CCN(S(=O)(=O)c3cccc(Cl)c3)CC2)cc1[N+](=O)[O-]. The Morgan fingerprint density at radius 2 is 1.43 bits per heavy atom. The number of nitrogens with zero attached hydrogens (tertiary/aromatic N) is 3. The van der Waals surface area contributed by atoms with Crippen molar-refractivity contribution >= 4 is 48.9 Å². The predicted octanol–water partition coefficient (Wildman–Crippen LogP) is 2.91. The minimum atomic E-state index is -4.10. The monoisotopic (exact) mass is 493 g/mol. The summed E-state index contributed by atoms with van der Waals surface area (Å²) in [5.74, 6) is 0. The Kier molecular flexibility index (Phi) is 6.42. The number of nitro groups is 1. The number of nitro benzene ring substituents is 1. The molecular weight excluding hydrogens is 477 g/mol. The third-order valence-electron chi connectivity index (χ3n) is 4.76. The van der Waals surface area contributed by atoms with Crippen LogP contribution in [-0.2, 0) is 20.0 Å². The van der Waals surface area contributed by atoms with Crippen LogP contribution in [0.3, 0.4) is 0 Å².